The summed E-state index contributed by atoms with van der Waals surface area (Å²) >= 11 is 0. The summed E-state index contributed by atoms with van der Waals surface area (Å²) in [7, 11) is 3.70. The number of rotatable bonds is 4. The normalized spacial score (nSPS) is 11.2. The Kier molecular flexibility index (Phi) is 4.53. The highest BCUT2D eigenvalue weighted by molar-refractivity contribution is 6.10. The van der Waals surface area contributed by atoms with Gasteiger partial charge in [0.1, 0.15) is 17.4 Å². The van der Waals surface area contributed by atoms with E-state index in [9.17, 15) is 10.1 Å². The summed E-state index contributed by atoms with van der Waals surface area (Å²) in [6.45, 7) is 0. The molecular formula is C20H17N3O2. The molecule has 0 aliphatic heterocycles. The van der Waals surface area contributed by atoms with Crippen molar-refractivity contribution < 1.29 is 9.21 Å². The maximum Gasteiger partial charge on any atom is 0.266 e. The fraction of sp³-hybridized carbons (Fsp3) is 0.100. The zero-order valence-electron chi connectivity index (χ0n) is 14.0. The molecule has 3 aromatic rings. The molecule has 0 saturated heterocycles. The number of hydrogen-bond donors (Lipinski definition) is 1. The minimum Gasteiger partial charge on any atom is -0.441 e. The van der Waals surface area contributed by atoms with Crippen molar-refractivity contribution in [1.29, 1.82) is 5.26 Å². The smallest absolute Gasteiger partial charge is 0.266 e. The van der Waals surface area contributed by atoms with Gasteiger partial charge in [-0.2, -0.15) is 5.26 Å². The van der Waals surface area contributed by atoms with Gasteiger partial charge in [-0.25, -0.2) is 0 Å². The second kappa shape index (κ2) is 6.93. The Morgan fingerprint density at radius 3 is 2.56 bits per heavy atom. The van der Waals surface area contributed by atoms with Gasteiger partial charge in [0.25, 0.3) is 5.91 Å². The molecule has 1 N–H and O–H groups in total. The van der Waals surface area contributed by atoms with Crippen LogP contribution in [0.25, 0.3) is 16.8 Å². The third kappa shape index (κ3) is 3.70. The first kappa shape index (κ1) is 16.3. The van der Waals surface area contributed by atoms with Crippen molar-refractivity contribution in [1.82, 2.24) is 0 Å². The summed E-state index contributed by atoms with van der Waals surface area (Å²) in [6, 6.07) is 18.9. The standard InChI is InChI=1S/C20H17N3O2/c1-23(2)19-10-9-18(25-19)12-16(13-21)20(24)22-17-8-7-14-5-3-4-6-15(14)11-17/h3-12H,1-2H3,(H,22,24)/b16-12+. The molecule has 0 radical (unpaired) electrons. The molecular weight excluding hydrogens is 314 g/mol. The zero-order valence-corrected chi connectivity index (χ0v) is 14.0. The van der Waals surface area contributed by atoms with E-state index in [1.54, 1.807) is 17.0 Å². The second-order valence-electron chi connectivity index (χ2n) is 5.76. The fourth-order valence-electron chi connectivity index (χ4n) is 2.42. The molecule has 0 bridgehead atoms. The average Bonchev–Trinajstić information content (AvgIpc) is 3.08. The lowest BCUT2D eigenvalue weighted by molar-refractivity contribution is -0.112. The van der Waals surface area contributed by atoms with E-state index in [0.717, 1.165) is 10.8 Å². The van der Waals surface area contributed by atoms with E-state index in [4.69, 9.17) is 4.42 Å². The predicted octanol–water partition coefficient (Wildman–Crippen LogP) is 4.04. The average molecular weight is 331 g/mol. The lowest BCUT2D eigenvalue weighted by atomic mass is 10.1. The minimum absolute atomic E-state index is 0.0205. The van der Waals surface area contributed by atoms with Crippen molar-refractivity contribution in [3.63, 3.8) is 0 Å². The number of carbonyl (C=O) groups is 1. The van der Waals surface area contributed by atoms with E-state index in [-0.39, 0.29) is 5.57 Å². The molecule has 5 heteroatoms. The Bertz CT molecular complexity index is 993. The summed E-state index contributed by atoms with van der Waals surface area (Å²) < 4.78 is 5.55. The second-order valence-corrected chi connectivity index (χ2v) is 5.76. The van der Waals surface area contributed by atoms with Gasteiger partial charge >= 0.3 is 0 Å². The highest BCUT2D eigenvalue weighted by atomic mass is 16.4. The van der Waals surface area contributed by atoms with Gasteiger partial charge in [0, 0.05) is 31.9 Å². The Morgan fingerprint density at radius 2 is 1.88 bits per heavy atom. The van der Waals surface area contributed by atoms with Crippen molar-refractivity contribution >= 4 is 34.3 Å². The van der Waals surface area contributed by atoms with Crippen LogP contribution in [0.5, 0.6) is 0 Å². The molecule has 1 aromatic heterocycles. The SMILES string of the molecule is CN(C)c1ccc(/C=C(\C#N)C(=O)Nc2ccc3ccccc3c2)o1. The third-order valence-electron chi connectivity index (χ3n) is 3.71. The summed E-state index contributed by atoms with van der Waals surface area (Å²) in [6.07, 6.45) is 1.43. The van der Waals surface area contributed by atoms with Gasteiger partial charge in [0.2, 0.25) is 0 Å². The van der Waals surface area contributed by atoms with Crippen molar-refractivity contribution in [3.05, 3.63) is 65.9 Å². The van der Waals surface area contributed by atoms with Gasteiger partial charge in [-0.05, 0) is 29.0 Å². The van der Waals surface area contributed by atoms with Crippen molar-refractivity contribution in [3.8, 4) is 6.07 Å². The van der Waals surface area contributed by atoms with Gasteiger partial charge in [-0.1, -0.05) is 30.3 Å². The van der Waals surface area contributed by atoms with Crippen LogP contribution in [0, 0.1) is 11.3 Å². The first-order chi connectivity index (χ1) is 12.1. The number of carbonyl (C=O) groups excluding carboxylic acids is 1. The van der Waals surface area contributed by atoms with Crippen LogP contribution in [0.15, 0.2) is 64.6 Å². The molecule has 3 rings (SSSR count). The molecule has 0 aliphatic carbocycles. The fourth-order valence-corrected chi connectivity index (χ4v) is 2.42. The van der Waals surface area contributed by atoms with Crippen molar-refractivity contribution in [2.75, 3.05) is 24.3 Å². The van der Waals surface area contributed by atoms with E-state index in [1.165, 1.54) is 6.08 Å². The van der Waals surface area contributed by atoms with Crippen LogP contribution in [0.3, 0.4) is 0 Å². The number of nitrogens with one attached hydrogen (secondary N) is 1. The Morgan fingerprint density at radius 1 is 1.12 bits per heavy atom. The quantitative estimate of drug-likeness (QED) is 0.578. The summed E-state index contributed by atoms with van der Waals surface area (Å²) in [5, 5.41) is 14.1. The molecule has 0 fully saturated rings. The first-order valence-electron chi connectivity index (χ1n) is 7.76. The first-order valence-corrected chi connectivity index (χ1v) is 7.76. The van der Waals surface area contributed by atoms with Gasteiger partial charge in [-0.15, -0.1) is 0 Å². The van der Waals surface area contributed by atoms with Gasteiger partial charge in [-0.3, -0.25) is 4.79 Å². The zero-order chi connectivity index (χ0) is 17.8. The van der Waals surface area contributed by atoms with E-state index < -0.39 is 5.91 Å². The highest BCUT2D eigenvalue weighted by Crippen LogP contribution is 2.21. The highest BCUT2D eigenvalue weighted by Gasteiger charge is 2.11. The number of fused-ring (bicyclic) bond motifs is 1. The van der Waals surface area contributed by atoms with Crippen molar-refractivity contribution in [2.24, 2.45) is 0 Å². The number of amides is 1. The number of hydrogen-bond acceptors (Lipinski definition) is 4. The van der Waals surface area contributed by atoms with E-state index in [1.807, 2.05) is 62.6 Å². The third-order valence-corrected chi connectivity index (χ3v) is 3.71. The van der Waals surface area contributed by atoms with Gasteiger partial charge < -0.3 is 14.6 Å². The Balaban J connectivity index is 1.81. The number of furan rings is 1. The number of anilines is 2. The van der Waals surface area contributed by atoms with E-state index >= 15 is 0 Å². The van der Waals surface area contributed by atoms with Crippen LogP contribution in [-0.2, 0) is 4.79 Å². The predicted molar refractivity (Wildman–Crippen MR) is 99.2 cm³/mol. The molecule has 1 amide bonds. The van der Waals surface area contributed by atoms with Crippen LogP contribution >= 0.6 is 0 Å². The number of nitrogens with zero attached hydrogens (tertiary/aromatic N) is 2. The van der Waals surface area contributed by atoms with Crippen LogP contribution in [0.2, 0.25) is 0 Å². The molecule has 25 heavy (non-hydrogen) atoms. The van der Waals surface area contributed by atoms with Crippen LogP contribution in [0.4, 0.5) is 11.6 Å². The molecule has 5 nitrogen and oxygen atoms in total. The van der Waals surface area contributed by atoms with Crippen LogP contribution in [0.1, 0.15) is 5.76 Å². The van der Waals surface area contributed by atoms with Gasteiger partial charge in [0.15, 0.2) is 5.88 Å². The molecule has 0 spiro atoms. The largest absolute Gasteiger partial charge is 0.441 e. The summed E-state index contributed by atoms with van der Waals surface area (Å²) in [5.41, 5.74) is 0.617. The lowest BCUT2D eigenvalue weighted by Crippen LogP contribution is -2.13. The van der Waals surface area contributed by atoms with E-state index in [2.05, 4.69) is 5.32 Å². The molecule has 0 aliphatic rings. The molecule has 2 aromatic carbocycles. The van der Waals surface area contributed by atoms with Crippen molar-refractivity contribution in [2.45, 2.75) is 0 Å². The summed E-state index contributed by atoms with van der Waals surface area (Å²) in [5.74, 6) is 0.632. The Labute approximate surface area is 145 Å². The minimum atomic E-state index is -0.472. The number of benzene rings is 2. The molecule has 0 unspecified atom stereocenters. The number of nitriles is 1. The Hall–Kier alpha value is -3.52. The maximum atomic E-state index is 12.4. The maximum absolute atomic E-state index is 12.4. The van der Waals surface area contributed by atoms with Crippen LogP contribution in [-0.4, -0.2) is 20.0 Å². The summed E-state index contributed by atoms with van der Waals surface area (Å²) in [4.78, 5) is 14.2. The molecule has 124 valence electrons. The molecule has 0 atom stereocenters. The lowest BCUT2D eigenvalue weighted by Gasteiger charge is -2.06. The van der Waals surface area contributed by atoms with Gasteiger partial charge in [0.05, 0.1) is 0 Å². The van der Waals surface area contributed by atoms with E-state index in [0.29, 0.717) is 17.3 Å². The monoisotopic (exact) mass is 331 g/mol. The van der Waals surface area contributed by atoms with Crippen LogP contribution < -0.4 is 10.2 Å². The topological polar surface area (TPSA) is 69.3 Å². The molecule has 0 saturated carbocycles. The molecule has 1 heterocycles.